The molecule has 3 aliphatic rings. The lowest BCUT2D eigenvalue weighted by Gasteiger charge is -2.26. The number of fused-ring (bicyclic) bond motifs is 1. The van der Waals surface area contributed by atoms with Crippen molar-refractivity contribution in [3.05, 3.63) is 59.7 Å². The van der Waals surface area contributed by atoms with Crippen LogP contribution in [0.3, 0.4) is 0 Å². The van der Waals surface area contributed by atoms with Gasteiger partial charge in [0.05, 0.1) is 12.6 Å². The number of carbonyl (C=O) groups excluding carboxylic acids is 3. The van der Waals surface area contributed by atoms with Crippen molar-refractivity contribution in [1.82, 2.24) is 10.2 Å². The number of carbonyl (C=O) groups is 3. The molecule has 8 nitrogen and oxygen atoms in total. The van der Waals surface area contributed by atoms with Gasteiger partial charge in [-0.3, -0.25) is 14.4 Å². The Balaban J connectivity index is 1.14. The molecule has 34 heavy (non-hydrogen) atoms. The number of ether oxygens (including phenoxy) is 1. The van der Waals surface area contributed by atoms with Crippen molar-refractivity contribution in [2.24, 2.45) is 4.99 Å². The third-order valence-corrected chi connectivity index (χ3v) is 7.38. The lowest BCUT2D eigenvalue weighted by atomic mass is 10.00. The van der Waals surface area contributed by atoms with E-state index in [0.29, 0.717) is 24.3 Å². The molecule has 2 aromatic carbocycles. The second-order valence-corrected chi connectivity index (χ2v) is 9.73. The number of nitrogens with zero attached hydrogens (tertiary/aromatic N) is 2. The summed E-state index contributed by atoms with van der Waals surface area (Å²) in [6, 6.07) is 14.4. The normalized spacial score (nSPS) is 21.5. The Hall–Kier alpha value is -3.33. The second-order valence-electron chi connectivity index (χ2n) is 8.56. The summed E-state index contributed by atoms with van der Waals surface area (Å²) in [6.45, 7) is 2.39. The maximum absolute atomic E-state index is 12.8. The average molecular weight is 479 g/mol. The average Bonchev–Trinajstić information content (AvgIpc) is 3.50. The van der Waals surface area contributed by atoms with Gasteiger partial charge in [-0.2, -0.15) is 4.99 Å². The molecular weight excluding hydrogens is 452 g/mol. The molecule has 0 radical (unpaired) electrons. The zero-order valence-electron chi connectivity index (χ0n) is 18.7. The van der Waals surface area contributed by atoms with Gasteiger partial charge in [-0.1, -0.05) is 30.0 Å². The summed E-state index contributed by atoms with van der Waals surface area (Å²) in [5.74, 6) is 0.122. The van der Waals surface area contributed by atoms with E-state index in [2.05, 4.69) is 20.5 Å². The first-order valence-corrected chi connectivity index (χ1v) is 12.4. The number of anilines is 1. The van der Waals surface area contributed by atoms with Gasteiger partial charge in [0, 0.05) is 42.7 Å². The minimum atomic E-state index is -0.483. The van der Waals surface area contributed by atoms with Crippen LogP contribution in [0.25, 0.3) is 0 Å². The molecule has 0 bridgehead atoms. The Morgan fingerprint density at radius 2 is 1.85 bits per heavy atom. The minimum Gasteiger partial charge on any atom is -0.493 e. The van der Waals surface area contributed by atoms with Gasteiger partial charge in [-0.05, 0) is 43.2 Å². The molecule has 0 saturated carbocycles. The van der Waals surface area contributed by atoms with E-state index in [1.165, 1.54) is 11.8 Å². The highest BCUT2D eigenvalue weighted by molar-refractivity contribution is 8.15. The molecular formula is C25H26N4O4S. The quantitative estimate of drug-likeness (QED) is 0.684. The minimum absolute atomic E-state index is 0.0652. The number of likely N-dealkylation sites (tertiary alicyclic amines) is 1. The topological polar surface area (TPSA) is 100 Å². The summed E-state index contributed by atoms with van der Waals surface area (Å²) in [6.07, 6.45) is 2.98. The van der Waals surface area contributed by atoms with Crippen LogP contribution in [0.5, 0.6) is 5.75 Å². The van der Waals surface area contributed by atoms with E-state index in [0.717, 1.165) is 42.4 Å². The first-order valence-electron chi connectivity index (χ1n) is 11.5. The van der Waals surface area contributed by atoms with Gasteiger partial charge >= 0.3 is 0 Å². The third-order valence-electron chi connectivity index (χ3n) is 6.17. The number of para-hydroxylation sites is 1. The number of hydrogen-bond acceptors (Lipinski definition) is 6. The number of aliphatic imine (C=N–C) groups is 1. The number of amides is 3. The van der Waals surface area contributed by atoms with Gasteiger partial charge in [0.15, 0.2) is 5.17 Å². The van der Waals surface area contributed by atoms with E-state index in [1.807, 2.05) is 24.3 Å². The largest absolute Gasteiger partial charge is 0.493 e. The van der Waals surface area contributed by atoms with Crippen molar-refractivity contribution in [2.45, 2.75) is 37.0 Å². The van der Waals surface area contributed by atoms with E-state index < -0.39 is 5.25 Å². The van der Waals surface area contributed by atoms with Crippen LogP contribution < -0.4 is 15.4 Å². The molecule has 2 atom stereocenters. The molecule has 0 aliphatic carbocycles. The Morgan fingerprint density at radius 3 is 2.65 bits per heavy atom. The van der Waals surface area contributed by atoms with Gasteiger partial charge in [-0.15, -0.1) is 0 Å². The number of thioether (sulfide) groups is 1. The standard InChI is InChI=1S/C25H26N4O4S/c30-22(15-21-24(32)28-25(34-21)29-12-3-4-13-29)26-17-9-7-16(8-10-17)23(31)27-19-11-14-33-20-6-2-1-5-18(19)20/h1-2,5-10,19,21H,3-4,11-15H2,(H,26,30)(H,27,31)/t19-,21+/m0/s1. The molecule has 3 amide bonds. The molecule has 0 unspecified atom stereocenters. The van der Waals surface area contributed by atoms with Crippen molar-refractivity contribution >= 4 is 40.3 Å². The Bertz CT molecular complexity index is 1130. The highest BCUT2D eigenvalue weighted by Gasteiger charge is 2.33. The maximum atomic E-state index is 12.8. The van der Waals surface area contributed by atoms with E-state index in [9.17, 15) is 14.4 Å². The van der Waals surface area contributed by atoms with Gasteiger partial charge < -0.3 is 20.3 Å². The van der Waals surface area contributed by atoms with Crippen LogP contribution in [0.1, 0.15) is 47.6 Å². The summed E-state index contributed by atoms with van der Waals surface area (Å²) < 4.78 is 5.66. The Labute approximate surface area is 202 Å². The third kappa shape index (κ3) is 4.94. The molecule has 1 fully saturated rings. The van der Waals surface area contributed by atoms with E-state index in [4.69, 9.17) is 4.74 Å². The summed E-state index contributed by atoms with van der Waals surface area (Å²) in [7, 11) is 0. The lowest BCUT2D eigenvalue weighted by Crippen LogP contribution is -2.32. The van der Waals surface area contributed by atoms with Crippen LogP contribution in [-0.2, 0) is 9.59 Å². The fraction of sp³-hybridized carbons (Fsp3) is 0.360. The van der Waals surface area contributed by atoms with Crippen LogP contribution in [-0.4, -0.2) is 52.7 Å². The number of benzene rings is 2. The van der Waals surface area contributed by atoms with Crippen molar-refractivity contribution in [3.8, 4) is 5.75 Å². The fourth-order valence-electron chi connectivity index (χ4n) is 4.37. The van der Waals surface area contributed by atoms with Crippen molar-refractivity contribution in [3.63, 3.8) is 0 Å². The zero-order chi connectivity index (χ0) is 23.5. The molecule has 3 heterocycles. The van der Waals surface area contributed by atoms with Crippen LogP contribution in [0.2, 0.25) is 0 Å². The van der Waals surface area contributed by atoms with Crippen molar-refractivity contribution in [1.29, 1.82) is 0 Å². The predicted octanol–water partition coefficient (Wildman–Crippen LogP) is 3.36. The predicted molar refractivity (Wildman–Crippen MR) is 131 cm³/mol. The van der Waals surface area contributed by atoms with Gasteiger partial charge in [0.25, 0.3) is 11.8 Å². The van der Waals surface area contributed by atoms with Crippen LogP contribution >= 0.6 is 11.8 Å². The molecule has 3 aliphatic heterocycles. The highest BCUT2D eigenvalue weighted by atomic mass is 32.2. The van der Waals surface area contributed by atoms with Crippen molar-refractivity contribution in [2.75, 3.05) is 25.0 Å². The van der Waals surface area contributed by atoms with Gasteiger partial charge in [0.1, 0.15) is 11.0 Å². The lowest BCUT2D eigenvalue weighted by molar-refractivity contribution is -0.121. The van der Waals surface area contributed by atoms with Crippen LogP contribution in [0.4, 0.5) is 5.69 Å². The number of hydrogen-bond donors (Lipinski definition) is 2. The van der Waals surface area contributed by atoms with Gasteiger partial charge in [0.2, 0.25) is 5.91 Å². The Morgan fingerprint density at radius 1 is 1.09 bits per heavy atom. The number of nitrogens with one attached hydrogen (secondary N) is 2. The molecule has 0 spiro atoms. The van der Waals surface area contributed by atoms with E-state index in [1.54, 1.807) is 24.3 Å². The monoisotopic (exact) mass is 478 g/mol. The van der Waals surface area contributed by atoms with Crippen molar-refractivity contribution < 1.29 is 19.1 Å². The zero-order valence-corrected chi connectivity index (χ0v) is 19.5. The summed E-state index contributed by atoms with van der Waals surface area (Å²) in [5.41, 5.74) is 2.06. The van der Waals surface area contributed by atoms with E-state index in [-0.39, 0.29) is 30.2 Å². The fourth-order valence-corrected chi connectivity index (χ4v) is 5.49. The molecule has 1 saturated heterocycles. The Kier molecular flexibility index (Phi) is 6.53. The summed E-state index contributed by atoms with van der Waals surface area (Å²) in [4.78, 5) is 43.7. The highest BCUT2D eigenvalue weighted by Crippen LogP contribution is 2.32. The van der Waals surface area contributed by atoms with Gasteiger partial charge in [-0.25, -0.2) is 0 Å². The first-order chi connectivity index (χ1) is 16.6. The SMILES string of the molecule is O=C(C[C@H]1SC(N2CCCC2)=NC1=O)Nc1ccc(C(=O)N[C@H]2CCOc3ccccc32)cc1. The summed E-state index contributed by atoms with van der Waals surface area (Å²) in [5, 5.41) is 6.14. The van der Waals surface area contributed by atoms with Crippen LogP contribution in [0, 0.1) is 0 Å². The first kappa shape index (κ1) is 22.5. The number of amidine groups is 1. The molecule has 9 heteroatoms. The molecule has 2 aromatic rings. The molecule has 5 rings (SSSR count). The molecule has 176 valence electrons. The summed E-state index contributed by atoms with van der Waals surface area (Å²) >= 11 is 1.38. The maximum Gasteiger partial charge on any atom is 0.262 e. The van der Waals surface area contributed by atoms with E-state index >= 15 is 0 Å². The number of rotatable bonds is 5. The van der Waals surface area contributed by atoms with Crippen LogP contribution in [0.15, 0.2) is 53.5 Å². The second kappa shape index (κ2) is 9.89. The molecule has 0 aromatic heterocycles. The molecule has 2 N–H and O–H groups in total. The smallest absolute Gasteiger partial charge is 0.262 e.